The fourth-order valence-corrected chi connectivity index (χ4v) is 4.43. The highest BCUT2D eigenvalue weighted by Crippen LogP contribution is 2.20. The molecule has 0 unspecified atom stereocenters. The number of nitrogens with zero attached hydrogens (tertiary/aromatic N) is 2. The molecule has 2 aromatic carbocycles. The van der Waals surface area contributed by atoms with E-state index in [0.29, 0.717) is 5.92 Å². The van der Waals surface area contributed by atoms with E-state index in [4.69, 9.17) is 0 Å². The third-order valence-electron chi connectivity index (χ3n) is 5.25. The molecular formula is C23H25N3OS. The van der Waals surface area contributed by atoms with Gasteiger partial charge in [-0.05, 0) is 48.6 Å². The molecule has 0 saturated carbocycles. The Morgan fingerprint density at radius 2 is 1.89 bits per heavy atom. The van der Waals surface area contributed by atoms with Crippen LogP contribution in [0.25, 0.3) is 11.1 Å². The van der Waals surface area contributed by atoms with Gasteiger partial charge in [0, 0.05) is 30.2 Å². The third kappa shape index (κ3) is 4.86. The molecule has 1 amide bonds. The quantitative estimate of drug-likeness (QED) is 0.675. The van der Waals surface area contributed by atoms with Gasteiger partial charge in [0.05, 0.1) is 6.54 Å². The Morgan fingerprint density at radius 3 is 2.64 bits per heavy atom. The van der Waals surface area contributed by atoms with Crippen LogP contribution in [0.3, 0.4) is 0 Å². The standard InChI is InChI=1S/C23H25N3OS/c27-23(21-10-8-20(9-11-21)19-6-2-1-3-7-19)25-15-18-5-4-13-26(16-18)17-22-24-12-14-28-22/h1-3,6-12,14,18H,4-5,13,15-17H2,(H,25,27)/t18-/m1/s1. The van der Waals surface area contributed by atoms with Gasteiger partial charge in [-0.2, -0.15) is 0 Å². The third-order valence-corrected chi connectivity index (χ3v) is 6.02. The normalized spacial score (nSPS) is 17.4. The number of thiazole rings is 1. The van der Waals surface area contributed by atoms with Crippen LogP contribution in [0.5, 0.6) is 0 Å². The van der Waals surface area contributed by atoms with Crippen molar-refractivity contribution in [1.29, 1.82) is 0 Å². The summed E-state index contributed by atoms with van der Waals surface area (Å²) in [7, 11) is 0. The van der Waals surface area contributed by atoms with Crippen molar-refractivity contribution in [1.82, 2.24) is 15.2 Å². The number of nitrogens with one attached hydrogen (secondary N) is 1. The van der Waals surface area contributed by atoms with Crippen molar-refractivity contribution in [2.24, 2.45) is 5.92 Å². The molecule has 1 N–H and O–H groups in total. The lowest BCUT2D eigenvalue weighted by Gasteiger charge is -2.32. The number of carbonyl (C=O) groups excluding carboxylic acids is 1. The van der Waals surface area contributed by atoms with Crippen LogP contribution >= 0.6 is 11.3 Å². The van der Waals surface area contributed by atoms with Gasteiger partial charge in [0.15, 0.2) is 0 Å². The van der Waals surface area contributed by atoms with Crippen LogP contribution in [0, 0.1) is 5.92 Å². The number of hydrogen-bond acceptors (Lipinski definition) is 4. The molecule has 28 heavy (non-hydrogen) atoms. The van der Waals surface area contributed by atoms with Gasteiger partial charge in [0.1, 0.15) is 5.01 Å². The van der Waals surface area contributed by atoms with Crippen molar-refractivity contribution >= 4 is 17.2 Å². The molecule has 0 bridgehead atoms. The van der Waals surface area contributed by atoms with E-state index in [1.54, 1.807) is 11.3 Å². The van der Waals surface area contributed by atoms with Crippen molar-refractivity contribution in [3.8, 4) is 11.1 Å². The van der Waals surface area contributed by atoms with Crippen molar-refractivity contribution in [3.63, 3.8) is 0 Å². The summed E-state index contributed by atoms with van der Waals surface area (Å²) in [5.74, 6) is 0.512. The Kier molecular flexibility index (Phi) is 6.14. The van der Waals surface area contributed by atoms with E-state index in [0.717, 1.165) is 42.9 Å². The number of piperidine rings is 1. The molecule has 1 aromatic heterocycles. The molecule has 1 saturated heterocycles. The predicted molar refractivity (Wildman–Crippen MR) is 114 cm³/mol. The molecule has 4 nitrogen and oxygen atoms in total. The molecule has 3 aromatic rings. The van der Waals surface area contributed by atoms with E-state index in [1.165, 1.54) is 17.8 Å². The Morgan fingerprint density at radius 1 is 1.11 bits per heavy atom. The molecule has 5 heteroatoms. The lowest BCUT2D eigenvalue weighted by molar-refractivity contribution is 0.0930. The molecule has 1 atom stereocenters. The Bertz CT molecular complexity index is 878. The van der Waals surface area contributed by atoms with Crippen LogP contribution in [0.1, 0.15) is 28.2 Å². The number of amides is 1. The van der Waals surface area contributed by atoms with Gasteiger partial charge in [-0.1, -0.05) is 42.5 Å². The van der Waals surface area contributed by atoms with Crippen molar-refractivity contribution in [3.05, 3.63) is 76.7 Å². The van der Waals surface area contributed by atoms with Crippen LogP contribution in [-0.4, -0.2) is 35.4 Å². The van der Waals surface area contributed by atoms with Gasteiger partial charge >= 0.3 is 0 Å². The van der Waals surface area contributed by atoms with Crippen LogP contribution < -0.4 is 5.32 Å². The average molecular weight is 392 g/mol. The van der Waals surface area contributed by atoms with E-state index >= 15 is 0 Å². The van der Waals surface area contributed by atoms with Crippen LogP contribution in [0.15, 0.2) is 66.2 Å². The molecular weight excluding hydrogens is 366 g/mol. The molecule has 0 aliphatic carbocycles. The molecule has 144 valence electrons. The predicted octanol–water partition coefficient (Wildman–Crippen LogP) is 4.45. The molecule has 0 spiro atoms. The van der Waals surface area contributed by atoms with Gasteiger partial charge in [-0.15, -0.1) is 11.3 Å². The molecule has 1 aliphatic heterocycles. The zero-order valence-electron chi connectivity index (χ0n) is 15.9. The van der Waals surface area contributed by atoms with Crippen molar-refractivity contribution in [2.75, 3.05) is 19.6 Å². The van der Waals surface area contributed by atoms with E-state index in [-0.39, 0.29) is 5.91 Å². The minimum Gasteiger partial charge on any atom is -0.352 e. The highest BCUT2D eigenvalue weighted by Gasteiger charge is 2.21. The number of likely N-dealkylation sites (tertiary alicyclic amines) is 1. The SMILES string of the molecule is O=C(NC[C@H]1CCCN(Cc2nccs2)C1)c1ccc(-c2ccccc2)cc1. The highest BCUT2D eigenvalue weighted by atomic mass is 32.1. The number of rotatable bonds is 6. The molecule has 1 aliphatic rings. The summed E-state index contributed by atoms with van der Waals surface area (Å²) < 4.78 is 0. The van der Waals surface area contributed by atoms with E-state index in [1.807, 2.05) is 54.0 Å². The Hall–Kier alpha value is -2.50. The number of benzene rings is 2. The van der Waals surface area contributed by atoms with E-state index in [2.05, 4.69) is 27.3 Å². The molecule has 1 fully saturated rings. The fraction of sp³-hybridized carbons (Fsp3) is 0.304. The van der Waals surface area contributed by atoms with E-state index in [9.17, 15) is 4.79 Å². The lowest BCUT2D eigenvalue weighted by Crippen LogP contribution is -2.40. The summed E-state index contributed by atoms with van der Waals surface area (Å²) in [4.78, 5) is 19.4. The van der Waals surface area contributed by atoms with Crippen molar-refractivity contribution in [2.45, 2.75) is 19.4 Å². The smallest absolute Gasteiger partial charge is 0.251 e. The Labute approximate surface area is 170 Å². The average Bonchev–Trinajstić information content (AvgIpc) is 3.26. The monoisotopic (exact) mass is 391 g/mol. The summed E-state index contributed by atoms with van der Waals surface area (Å²) in [6.07, 6.45) is 4.21. The maximum absolute atomic E-state index is 12.5. The largest absolute Gasteiger partial charge is 0.352 e. The lowest BCUT2D eigenvalue weighted by atomic mass is 9.98. The second-order valence-corrected chi connectivity index (χ2v) is 8.30. The summed E-state index contributed by atoms with van der Waals surface area (Å²) >= 11 is 1.71. The number of hydrogen-bond donors (Lipinski definition) is 1. The summed E-state index contributed by atoms with van der Waals surface area (Å²) in [6, 6.07) is 18.1. The first-order valence-electron chi connectivity index (χ1n) is 9.82. The molecule has 0 radical (unpaired) electrons. The van der Waals surface area contributed by atoms with Gasteiger partial charge in [-0.25, -0.2) is 4.98 Å². The zero-order valence-corrected chi connectivity index (χ0v) is 16.7. The fourth-order valence-electron chi connectivity index (χ4n) is 3.77. The van der Waals surface area contributed by atoms with Crippen molar-refractivity contribution < 1.29 is 4.79 Å². The van der Waals surface area contributed by atoms with Gasteiger partial charge in [0.2, 0.25) is 0 Å². The summed E-state index contributed by atoms with van der Waals surface area (Å²) in [5.41, 5.74) is 3.01. The molecule has 4 rings (SSSR count). The summed E-state index contributed by atoms with van der Waals surface area (Å²) in [5, 5.41) is 6.33. The maximum atomic E-state index is 12.5. The Balaban J connectivity index is 1.29. The van der Waals surface area contributed by atoms with Gasteiger partial charge in [-0.3, -0.25) is 9.69 Å². The van der Waals surface area contributed by atoms with Gasteiger partial charge in [0.25, 0.3) is 5.91 Å². The maximum Gasteiger partial charge on any atom is 0.251 e. The summed E-state index contributed by atoms with van der Waals surface area (Å²) in [6.45, 7) is 3.79. The second-order valence-electron chi connectivity index (χ2n) is 7.32. The highest BCUT2D eigenvalue weighted by molar-refractivity contribution is 7.09. The second kappa shape index (κ2) is 9.13. The first-order chi connectivity index (χ1) is 13.8. The van der Waals surface area contributed by atoms with Crippen LogP contribution in [-0.2, 0) is 6.54 Å². The topological polar surface area (TPSA) is 45.2 Å². The zero-order chi connectivity index (χ0) is 19.2. The first kappa shape index (κ1) is 18.8. The number of aromatic nitrogens is 1. The number of carbonyl (C=O) groups is 1. The van der Waals surface area contributed by atoms with Crippen LogP contribution in [0.2, 0.25) is 0 Å². The minimum absolute atomic E-state index is 0.0108. The van der Waals surface area contributed by atoms with Crippen LogP contribution in [0.4, 0.5) is 0 Å². The van der Waals surface area contributed by atoms with Gasteiger partial charge < -0.3 is 5.32 Å². The molecule has 2 heterocycles. The minimum atomic E-state index is 0.0108. The first-order valence-corrected chi connectivity index (χ1v) is 10.7. The van der Waals surface area contributed by atoms with E-state index < -0.39 is 0 Å².